The third kappa shape index (κ3) is 4.40. The molecule has 0 spiro atoms. The minimum atomic E-state index is 0.637. The summed E-state index contributed by atoms with van der Waals surface area (Å²) >= 11 is 0. The van der Waals surface area contributed by atoms with Gasteiger partial charge in [0.05, 0.1) is 11.4 Å². The molecule has 0 amide bonds. The highest BCUT2D eigenvalue weighted by Gasteiger charge is 2.08. The highest BCUT2D eigenvalue weighted by Crippen LogP contribution is 2.08. The maximum atomic E-state index is 5.71. The second-order valence-electron chi connectivity index (χ2n) is 5.04. The lowest BCUT2D eigenvalue weighted by Crippen LogP contribution is -2.29. The molecule has 0 saturated carbocycles. The van der Waals surface area contributed by atoms with Gasteiger partial charge in [-0.15, -0.1) is 0 Å². The van der Waals surface area contributed by atoms with Gasteiger partial charge in [-0.25, -0.2) is 0 Å². The molecule has 0 unspecified atom stereocenters. The molecule has 2 N–H and O–H groups in total. The Morgan fingerprint density at radius 2 is 1.40 bits per heavy atom. The predicted molar refractivity (Wildman–Crippen MR) is 81.1 cm³/mol. The third-order valence-corrected chi connectivity index (χ3v) is 3.11. The lowest BCUT2D eigenvalue weighted by Gasteiger charge is -2.21. The standard InChI is InChI=1S/C16H22N4/c1-13-5-3-7-15(18-13)11-20(10-9-17)12-16-8-4-6-14(2)19-16/h3-8H,9-12,17H2,1-2H3. The minimum Gasteiger partial charge on any atom is -0.329 e. The van der Waals surface area contributed by atoms with Crippen LogP contribution in [0, 0.1) is 13.8 Å². The fraction of sp³-hybridized carbons (Fsp3) is 0.375. The average Bonchev–Trinajstić information content (AvgIpc) is 2.39. The molecule has 0 saturated heterocycles. The number of hydrogen-bond donors (Lipinski definition) is 1. The van der Waals surface area contributed by atoms with Crippen LogP contribution in [-0.2, 0) is 13.1 Å². The van der Waals surface area contributed by atoms with E-state index < -0.39 is 0 Å². The van der Waals surface area contributed by atoms with E-state index in [-0.39, 0.29) is 0 Å². The monoisotopic (exact) mass is 270 g/mol. The van der Waals surface area contributed by atoms with Gasteiger partial charge in [-0.3, -0.25) is 14.9 Å². The molecule has 4 nitrogen and oxygen atoms in total. The molecule has 0 aliphatic carbocycles. The molecule has 0 aliphatic heterocycles. The Bertz CT molecular complexity index is 506. The van der Waals surface area contributed by atoms with Crippen LogP contribution in [0.2, 0.25) is 0 Å². The topological polar surface area (TPSA) is 55.0 Å². The van der Waals surface area contributed by atoms with E-state index in [9.17, 15) is 0 Å². The Hall–Kier alpha value is -1.78. The van der Waals surface area contributed by atoms with Gasteiger partial charge in [0, 0.05) is 37.6 Å². The summed E-state index contributed by atoms with van der Waals surface area (Å²) < 4.78 is 0. The Labute approximate surface area is 120 Å². The van der Waals surface area contributed by atoms with Crippen LogP contribution in [0.4, 0.5) is 0 Å². The van der Waals surface area contributed by atoms with Crippen molar-refractivity contribution in [2.45, 2.75) is 26.9 Å². The van der Waals surface area contributed by atoms with Crippen molar-refractivity contribution in [2.24, 2.45) is 5.73 Å². The van der Waals surface area contributed by atoms with Gasteiger partial charge in [-0.2, -0.15) is 0 Å². The van der Waals surface area contributed by atoms with Crippen LogP contribution in [0.15, 0.2) is 36.4 Å². The van der Waals surface area contributed by atoms with E-state index in [0.29, 0.717) is 6.54 Å². The molecule has 20 heavy (non-hydrogen) atoms. The van der Waals surface area contributed by atoms with E-state index in [1.165, 1.54) is 0 Å². The van der Waals surface area contributed by atoms with E-state index in [2.05, 4.69) is 27.0 Å². The Morgan fingerprint density at radius 1 is 0.900 bits per heavy atom. The molecule has 106 valence electrons. The first-order valence-electron chi connectivity index (χ1n) is 6.95. The van der Waals surface area contributed by atoms with Crippen molar-refractivity contribution < 1.29 is 0 Å². The van der Waals surface area contributed by atoms with E-state index >= 15 is 0 Å². The zero-order chi connectivity index (χ0) is 14.4. The van der Waals surface area contributed by atoms with E-state index in [4.69, 9.17) is 5.73 Å². The van der Waals surface area contributed by atoms with Crippen molar-refractivity contribution >= 4 is 0 Å². The highest BCUT2D eigenvalue weighted by molar-refractivity contribution is 5.12. The molecule has 2 aromatic rings. The summed E-state index contributed by atoms with van der Waals surface area (Å²) in [6.45, 7) is 7.10. The first-order valence-corrected chi connectivity index (χ1v) is 6.95. The summed E-state index contributed by atoms with van der Waals surface area (Å²) in [6.07, 6.45) is 0. The summed E-state index contributed by atoms with van der Waals surface area (Å²) in [4.78, 5) is 11.4. The van der Waals surface area contributed by atoms with Gasteiger partial charge >= 0.3 is 0 Å². The molecule has 2 aromatic heterocycles. The Kier molecular flexibility index (Phi) is 5.21. The van der Waals surface area contributed by atoms with Gasteiger partial charge in [0.25, 0.3) is 0 Å². The van der Waals surface area contributed by atoms with Gasteiger partial charge in [0.1, 0.15) is 0 Å². The summed E-state index contributed by atoms with van der Waals surface area (Å²) in [5, 5.41) is 0. The van der Waals surface area contributed by atoms with Gasteiger partial charge < -0.3 is 5.73 Å². The van der Waals surface area contributed by atoms with Gasteiger partial charge in [-0.05, 0) is 38.1 Å². The maximum Gasteiger partial charge on any atom is 0.0547 e. The summed E-state index contributed by atoms with van der Waals surface area (Å²) in [6, 6.07) is 12.2. The molecule has 2 rings (SSSR count). The summed E-state index contributed by atoms with van der Waals surface area (Å²) in [5.41, 5.74) is 9.95. The zero-order valence-electron chi connectivity index (χ0n) is 12.2. The van der Waals surface area contributed by atoms with Gasteiger partial charge in [0.15, 0.2) is 0 Å². The third-order valence-electron chi connectivity index (χ3n) is 3.11. The van der Waals surface area contributed by atoms with Gasteiger partial charge in [0.2, 0.25) is 0 Å². The van der Waals surface area contributed by atoms with Crippen molar-refractivity contribution in [3.05, 3.63) is 59.2 Å². The normalized spacial score (nSPS) is 11.0. The fourth-order valence-electron chi connectivity index (χ4n) is 2.23. The van der Waals surface area contributed by atoms with Crippen molar-refractivity contribution in [1.29, 1.82) is 0 Å². The van der Waals surface area contributed by atoms with Crippen molar-refractivity contribution in [1.82, 2.24) is 14.9 Å². The number of rotatable bonds is 6. The lowest BCUT2D eigenvalue weighted by atomic mass is 10.2. The first-order chi connectivity index (χ1) is 9.67. The van der Waals surface area contributed by atoms with Crippen LogP contribution >= 0.6 is 0 Å². The van der Waals surface area contributed by atoms with E-state index in [1.807, 2.05) is 38.1 Å². The smallest absolute Gasteiger partial charge is 0.0547 e. The number of nitrogens with two attached hydrogens (primary N) is 1. The van der Waals surface area contributed by atoms with Crippen LogP contribution in [0.25, 0.3) is 0 Å². The summed E-state index contributed by atoms with van der Waals surface area (Å²) in [5.74, 6) is 0. The van der Waals surface area contributed by atoms with Gasteiger partial charge in [-0.1, -0.05) is 12.1 Å². The minimum absolute atomic E-state index is 0.637. The largest absolute Gasteiger partial charge is 0.329 e. The number of nitrogens with zero attached hydrogens (tertiary/aromatic N) is 3. The molecular weight excluding hydrogens is 248 g/mol. The average molecular weight is 270 g/mol. The molecule has 0 aromatic carbocycles. The Balaban J connectivity index is 2.07. The van der Waals surface area contributed by atoms with Crippen LogP contribution in [0.1, 0.15) is 22.8 Å². The number of hydrogen-bond acceptors (Lipinski definition) is 4. The molecule has 4 heteroatoms. The van der Waals surface area contributed by atoms with E-state index in [0.717, 1.165) is 42.4 Å². The Morgan fingerprint density at radius 3 is 1.80 bits per heavy atom. The quantitative estimate of drug-likeness (QED) is 0.873. The molecule has 0 fully saturated rings. The van der Waals surface area contributed by atoms with Crippen molar-refractivity contribution in [2.75, 3.05) is 13.1 Å². The predicted octanol–water partition coefficient (Wildman–Crippen LogP) is 2.05. The van der Waals surface area contributed by atoms with E-state index in [1.54, 1.807) is 0 Å². The first kappa shape index (κ1) is 14.6. The van der Waals surface area contributed by atoms with Crippen molar-refractivity contribution in [3.63, 3.8) is 0 Å². The second-order valence-corrected chi connectivity index (χ2v) is 5.04. The SMILES string of the molecule is Cc1cccc(CN(CCN)Cc2cccc(C)n2)n1. The molecular formula is C16H22N4. The second kappa shape index (κ2) is 7.12. The van der Waals surface area contributed by atoms with Crippen molar-refractivity contribution in [3.8, 4) is 0 Å². The molecule has 0 radical (unpaired) electrons. The van der Waals surface area contributed by atoms with Crippen LogP contribution < -0.4 is 5.73 Å². The van der Waals surface area contributed by atoms with Crippen LogP contribution in [0.5, 0.6) is 0 Å². The van der Waals surface area contributed by atoms with Crippen LogP contribution in [-0.4, -0.2) is 28.0 Å². The molecule has 0 atom stereocenters. The molecule has 0 bridgehead atoms. The number of aromatic nitrogens is 2. The van der Waals surface area contributed by atoms with Crippen LogP contribution in [0.3, 0.4) is 0 Å². The highest BCUT2D eigenvalue weighted by atomic mass is 15.1. The summed E-state index contributed by atoms with van der Waals surface area (Å²) in [7, 11) is 0. The molecule has 0 aliphatic rings. The maximum absolute atomic E-state index is 5.71. The fourth-order valence-corrected chi connectivity index (χ4v) is 2.23. The number of pyridine rings is 2. The zero-order valence-corrected chi connectivity index (χ0v) is 12.2. The lowest BCUT2D eigenvalue weighted by molar-refractivity contribution is 0.258. The molecule has 2 heterocycles. The number of aryl methyl sites for hydroxylation is 2.